The summed E-state index contributed by atoms with van der Waals surface area (Å²) in [5, 5.41) is 9.17. The van der Waals surface area contributed by atoms with Crippen molar-refractivity contribution in [2.45, 2.75) is 12.8 Å². The molecule has 2 aromatic carbocycles. The number of nitriles is 1. The van der Waals surface area contributed by atoms with Crippen molar-refractivity contribution in [3.8, 4) is 22.9 Å². The van der Waals surface area contributed by atoms with E-state index < -0.39 is 6.36 Å². The van der Waals surface area contributed by atoms with E-state index in [4.69, 9.17) is 16.9 Å². The smallest absolute Gasteiger partial charge is 0.406 e. The molecule has 6 heteroatoms. The van der Waals surface area contributed by atoms with Crippen molar-refractivity contribution in [2.75, 3.05) is 0 Å². The number of alkyl halides is 3. The Bertz CT molecular complexity index is 675. The molecule has 21 heavy (non-hydrogen) atoms. The highest BCUT2D eigenvalue weighted by atomic mass is 35.5. The van der Waals surface area contributed by atoms with Gasteiger partial charge in [0.15, 0.2) is 0 Å². The lowest BCUT2D eigenvalue weighted by Gasteiger charge is -2.10. The van der Waals surface area contributed by atoms with Gasteiger partial charge in [-0.1, -0.05) is 29.8 Å². The molecule has 0 atom stereocenters. The normalized spacial score (nSPS) is 11.0. The highest BCUT2D eigenvalue weighted by molar-refractivity contribution is 6.31. The average molecular weight is 312 g/mol. The summed E-state index contributed by atoms with van der Waals surface area (Å²) < 4.78 is 40.1. The van der Waals surface area contributed by atoms with E-state index in [9.17, 15) is 13.2 Å². The molecule has 0 aliphatic heterocycles. The Balaban J connectivity index is 2.28. The van der Waals surface area contributed by atoms with Crippen LogP contribution in [0.1, 0.15) is 5.56 Å². The van der Waals surface area contributed by atoms with Gasteiger partial charge in [0.05, 0.1) is 12.5 Å². The monoisotopic (exact) mass is 311 g/mol. The number of ether oxygens (including phenoxy) is 1. The van der Waals surface area contributed by atoms with Crippen LogP contribution in [0.3, 0.4) is 0 Å². The summed E-state index contributed by atoms with van der Waals surface area (Å²) in [6, 6.07) is 12.6. The molecule has 0 heterocycles. The second-order valence-corrected chi connectivity index (χ2v) is 4.69. The van der Waals surface area contributed by atoms with Gasteiger partial charge in [-0.25, -0.2) is 0 Å². The van der Waals surface area contributed by atoms with Gasteiger partial charge in [0.1, 0.15) is 5.75 Å². The van der Waals surface area contributed by atoms with Crippen LogP contribution in [0.15, 0.2) is 42.5 Å². The summed E-state index contributed by atoms with van der Waals surface area (Å²) in [5.41, 5.74) is 2.16. The van der Waals surface area contributed by atoms with Gasteiger partial charge in [-0.3, -0.25) is 0 Å². The Morgan fingerprint density at radius 1 is 1.05 bits per heavy atom. The second-order valence-electron chi connectivity index (χ2n) is 4.26. The molecule has 2 aromatic rings. The number of rotatable bonds is 3. The molecule has 2 rings (SSSR count). The molecule has 0 N–H and O–H groups in total. The number of nitrogens with zero attached hydrogens (tertiary/aromatic N) is 1. The number of halogens is 4. The first kappa shape index (κ1) is 15.2. The molecule has 0 aliphatic carbocycles. The van der Waals surface area contributed by atoms with Crippen LogP contribution in [0.2, 0.25) is 5.02 Å². The summed E-state index contributed by atoms with van der Waals surface area (Å²) in [5.74, 6) is -0.287. The van der Waals surface area contributed by atoms with Crippen LogP contribution in [0.4, 0.5) is 13.2 Å². The lowest BCUT2D eigenvalue weighted by atomic mass is 10.0. The molecule has 0 unspecified atom stereocenters. The van der Waals surface area contributed by atoms with Gasteiger partial charge in [0.2, 0.25) is 0 Å². The molecule has 0 aromatic heterocycles. The lowest BCUT2D eigenvalue weighted by molar-refractivity contribution is -0.274. The first-order valence-corrected chi connectivity index (χ1v) is 6.28. The molecule has 0 bridgehead atoms. The maximum atomic E-state index is 12.1. The van der Waals surface area contributed by atoms with Crippen molar-refractivity contribution >= 4 is 11.6 Å². The summed E-state index contributed by atoms with van der Waals surface area (Å²) in [6.45, 7) is 0. The lowest BCUT2D eigenvalue weighted by Crippen LogP contribution is -2.16. The third kappa shape index (κ3) is 4.40. The maximum Gasteiger partial charge on any atom is 0.573 e. The van der Waals surface area contributed by atoms with Crippen LogP contribution in [0.25, 0.3) is 11.1 Å². The van der Waals surface area contributed by atoms with Crippen molar-refractivity contribution in [3.05, 3.63) is 53.1 Å². The van der Waals surface area contributed by atoms with Gasteiger partial charge in [0.25, 0.3) is 0 Å². The first-order valence-electron chi connectivity index (χ1n) is 5.90. The molecule has 0 saturated carbocycles. The topological polar surface area (TPSA) is 33.0 Å². The molecule has 0 aliphatic rings. The fourth-order valence-electron chi connectivity index (χ4n) is 1.86. The summed E-state index contributed by atoms with van der Waals surface area (Å²) in [4.78, 5) is 0. The Morgan fingerprint density at radius 3 is 2.29 bits per heavy atom. The van der Waals surface area contributed by atoms with E-state index in [2.05, 4.69) is 4.74 Å². The molecule has 0 saturated heterocycles. The third-order valence-corrected chi connectivity index (χ3v) is 2.88. The van der Waals surface area contributed by atoms with Crippen molar-refractivity contribution in [3.63, 3.8) is 0 Å². The molecular formula is C15H9ClF3NO. The van der Waals surface area contributed by atoms with E-state index in [1.54, 1.807) is 18.2 Å². The molecule has 0 fully saturated rings. The summed E-state index contributed by atoms with van der Waals surface area (Å²) in [7, 11) is 0. The number of hydrogen-bond acceptors (Lipinski definition) is 2. The van der Waals surface area contributed by atoms with Crippen LogP contribution in [-0.2, 0) is 6.42 Å². The van der Waals surface area contributed by atoms with E-state index in [1.165, 1.54) is 24.3 Å². The largest absolute Gasteiger partial charge is 0.573 e. The molecule has 0 spiro atoms. The van der Waals surface area contributed by atoms with Crippen molar-refractivity contribution < 1.29 is 17.9 Å². The van der Waals surface area contributed by atoms with Gasteiger partial charge < -0.3 is 4.74 Å². The van der Waals surface area contributed by atoms with Gasteiger partial charge in [-0.2, -0.15) is 5.26 Å². The number of hydrogen-bond donors (Lipinski definition) is 0. The van der Waals surface area contributed by atoms with Crippen LogP contribution in [0, 0.1) is 11.3 Å². The summed E-state index contributed by atoms with van der Waals surface area (Å²) >= 11 is 5.97. The van der Waals surface area contributed by atoms with E-state index in [1.807, 2.05) is 6.07 Å². The standard InChI is InChI=1S/C15H9ClF3NO/c16-13-8-10(5-6-20)7-12(9-13)11-1-3-14(4-2-11)21-15(17,18)19/h1-4,7-9H,5H2. The van der Waals surface area contributed by atoms with Crippen LogP contribution < -0.4 is 4.74 Å². The zero-order valence-electron chi connectivity index (χ0n) is 10.6. The van der Waals surface area contributed by atoms with Crippen molar-refractivity contribution in [1.29, 1.82) is 5.26 Å². The van der Waals surface area contributed by atoms with Crippen molar-refractivity contribution in [2.24, 2.45) is 0 Å². The zero-order chi connectivity index (χ0) is 15.5. The Hall–Kier alpha value is -2.19. The third-order valence-electron chi connectivity index (χ3n) is 2.66. The molecule has 0 radical (unpaired) electrons. The van der Waals surface area contributed by atoms with E-state index in [0.717, 1.165) is 11.1 Å². The van der Waals surface area contributed by atoms with Gasteiger partial charge in [0, 0.05) is 5.02 Å². The highest BCUT2D eigenvalue weighted by Crippen LogP contribution is 2.28. The molecule has 2 nitrogen and oxygen atoms in total. The second kappa shape index (κ2) is 6.06. The number of benzene rings is 2. The van der Waals surface area contributed by atoms with Gasteiger partial charge in [-0.05, 0) is 41.0 Å². The SMILES string of the molecule is N#CCc1cc(Cl)cc(-c2ccc(OC(F)(F)F)cc2)c1. The quantitative estimate of drug-likeness (QED) is 0.801. The first-order chi connectivity index (χ1) is 9.87. The van der Waals surface area contributed by atoms with Crippen LogP contribution >= 0.6 is 11.6 Å². The molecular weight excluding hydrogens is 303 g/mol. The summed E-state index contributed by atoms with van der Waals surface area (Å²) in [6.07, 6.45) is -4.50. The highest BCUT2D eigenvalue weighted by Gasteiger charge is 2.30. The van der Waals surface area contributed by atoms with Gasteiger partial charge >= 0.3 is 6.36 Å². The van der Waals surface area contributed by atoms with Crippen LogP contribution in [-0.4, -0.2) is 6.36 Å². The predicted molar refractivity (Wildman–Crippen MR) is 72.9 cm³/mol. The minimum absolute atomic E-state index is 0.211. The van der Waals surface area contributed by atoms with E-state index in [-0.39, 0.29) is 12.2 Å². The zero-order valence-corrected chi connectivity index (χ0v) is 11.4. The average Bonchev–Trinajstić information content (AvgIpc) is 2.37. The van der Waals surface area contributed by atoms with Crippen molar-refractivity contribution in [1.82, 2.24) is 0 Å². The van der Waals surface area contributed by atoms with Gasteiger partial charge in [-0.15, -0.1) is 13.2 Å². The predicted octanol–water partition coefficient (Wildman–Crippen LogP) is 4.97. The minimum Gasteiger partial charge on any atom is -0.406 e. The minimum atomic E-state index is -4.71. The van der Waals surface area contributed by atoms with E-state index >= 15 is 0 Å². The fourth-order valence-corrected chi connectivity index (χ4v) is 2.12. The Labute approximate surface area is 124 Å². The fraction of sp³-hybridized carbons (Fsp3) is 0.133. The Morgan fingerprint density at radius 2 is 1.71 bits per heavy atom. The van der Waals surface area contributed by atoms with E-state index in [0.29, 0.717) is 10.6 Å². The molecule has 108 valence electrons. The Kier molecular flexibility index (Phi) is 4.39. The van der Waals surface area contributed by atoms with Crippen LogP contribution in [0.5, 0.6) is 5.75 Å². The maximum absolute atomic E-state index is 12.1. The molecule has 0 amide bonds.